The van der Waals surface area contributed by atoms with E-state index in [9.17, 15) is 20.1 Å². The highest BCUT2D eigenvalue weighted by Gasteiger charge is 2.26. The molecule has 0 bridgehead atoms. The Morgan fingerprint density at radius 3 is 0.921 bits per heavy atom. The summed E-state index contributed by atoms with van der Waals surface area (Å²) < 4.78 is 0. The van der Waals surface area contributed by atoms with Crippen molar-refractivity contribution in [2.24, 2.45) is 0 Å². The highest BCUT2D eigenvalue weighted by Crippen LogP contribution is 2.18. The smallest absolute Gasteiger partial charge is 0.220 e. The molecule has 0 aromatic heterocycles. The first-order valence-electron chi connectivity index (χ1n) is 29.0. The maximum Gasteiger partial charge on any atom is 0.220 e. The van der Waals surface area contributed by atoms with Gasteiger partial charge in [0, 0.05) is 6.42 Å². The van der Waals surface area contributed by atoms with E-state index < -0.39 is 18.2 Å². The number of hydrogen-bond donors (Lipinski definition) is 4. The van der Waals surface area contributed by atoms with Gasteiger partial charge in [-0.05, 0) is 38.5 Å². The van der Waals surface area contributed by atoms with Gasteiger partial charge < -0.3 is 20.6 Å². The second-order valence-corrected chi connectivity index (χ2v) is 20.2. The van der Waals surface area contributed by atoms with Crippen molar-refractivity contribution in [3.05, 3.63) is 12.2 Å². The van der Waals surface area contributed by atoms with Crippen LogP contribution in [0, 0.1) is 0 Å². The monoisotopic (exact) mass is 890 g/mol. The first-order valence-corrected chi connectivity index (χ1v) is 29.0. The lowest BCUT2D eigenvalue weighted by Crippen LogP contribution is -2.50. The number of aliphatic hydroxyl groups is 3. The number of unbranched alkanes of at least 4 members (excludes halogenated alkanes) is 44. The minimum absolute atomic E-state index is 0.146. The van der Waals surface area contributed by atoms with Gasteiger partial charge in [0.15, 0.2) is 0 Å². The van der Waals surface area contributed by atoms with Crippen LogP contribution in [0.2, 0.25) is 0 Å². The molecule has 0 fully saturated rings. The van der Waals surface area contributed by atoms with E-state index >= 15 is 0 Å². The summed E-state index contributed by atoms with van der Waals surface area (Å²) in [6, 6.07) is -0.822. The molecule has 3 atom stereocenters. The largest absolute Gasteiger partial charge is 0.394 e. The number of allylic oxidation sites excluding steroid dienone is 2. The zero-order chi connectivity index (χ0) is 45.8. The average molecular weight is 891 g/mol. The Morgan fingerprint density at radius 2 is 0.635 bits per heavy atom. The van der Waals surface area contributed by atoms with Crippen LogP contribution in [0.25, 0.3) is 0 Å². The third-order valence-corrected chi connectivity index (χ3v) is 13.9. The molecule has 0 radical (unpaired) electrons. The van der Waals surface area contributed by atoms with Crippen molar-refractivity contribution in [2.75, 3.05) is 6.61 Å². The molecule has 0 spiro atoms. The Kier molecular flexibility index (Phi) is 52.9. The molecule has 0 aliphatic carbocycles. The maximum absolute atomic E-state index is 12.5. The normalized spacial score (nSPS) is 13.3. The molecular weight excluding hydrogens is 775 g/mol. The molecule has 63 heavy (non-hydrogen) atoms. The summed E-state index contributed by atoms with van der Waals surface area (Å²) in [5.41, 5.74) is 0. The lowest BCUT2D eigenvalue weighted by Gasteiger charge is -2.26. The summed E-state index contributed by atoms with van der Waals surface area (Å²) in [4.78, 5) is 12.5. The fourth-order valence-electron chi connectivity index (χ4n) is 9.40. The number of nitrogens with one attached hydrogen (secondary N) is 1. The van der Waals surface area contributed by atoms with Crippen molar-refractivity contribution in [3.63, 3.8) is 0 Å². The molecule has 3 unspecified atom stereocenters. The first kappa shape index (κ1) is 62.1. The Hall–Kier alpha value is -0.910. The second kappa shape index (κ2) is 53.7. The van der Waals surface area contributed by atoms with Gasteiger partial charge in [0.2, 0.25) is 5.91 Å². The molecule has 0 heterocycles. The van der Waals surface area contributed by atoms with Crippen LogP contribution in [-0.2, 0) is 4.79 Å². The number of hydrogen-bond acceptors (Lipinski definition) is 4. The predicted molar refractivity (Wildman–Crippen MR) is 278 cm³/mol. The van der Waals surface area contributed by atoms with Gasteiger partial charge in [-0.1, -0.05) is 296 Å². The first-order chi connectivity index (χ1) is 31.1. The van der Waals surface area contributed by atoms with Crippen molar-refractivity contribution in [3.8, 4) is 0 Å². The zero-order valence-corrected chi connectivity index (χ0v) is 43.0. The molecule has 5 heteroatoms. The Morgan fingerprint density at radius 1 is 0.381 bits per heavy atom. The summed E-state index contributed by atoms with van der Waals surface area (Å²) in [7, 11) is 0. The molecule has 0 aromatic carbocycles. The van der Waals surface area contributed by atoms with Gasteiger partial charge >= 0.3 is 0 Å². The van der Waals surface area contributed by atoms with E-state index in [1.165, 1.54) is 263 Å². The van der Waals surface area contributed by atoms with Crippen molar-refractivity contribution in [2.45, 2.75) is 347 Å². The molecule has 0 saturated carbocycles. The molecule has 1 amide bonds. The summed E-state index contributed by atoms with van der Waals surface area (Å²) in [5.74, 6) is -0.146. The Balaban J connectivity index is 3.50. The molecule has 0 aliphatic heterocycles. The second-order valence-electron chi connectivity index (χ2n) is 20.2. The third kappa shape index (κ3) is 48.8. The number of aliphatic hydroxyl groups excluding tert-OH is 3. The van der Waals surface area contributed by atoms with Gasteiger partial charge in [0.25, 0.3) is 0 Å². The molecule has 0 rings (SSSR count). The highest BCUT2D eigenvalue weighted by molar-refractivity contribution is 5.76. The number of amides is 1. The van der Waals surface area contributed by atoms with E-state index in [-0.39, 0.29) is 12.5 Å². The van der Waals surface area contributed by atoms with E-state index in [0.29, 0.717) is 12.8 Å². The number of rotatable bonds is 54. The quantitative estimate of drug-likeness (QED) is 0.0362. The van der Waals surface area contributed by atoms with Gasteiger partial charge in [-0.3, -0.25) is 4.79 Å². The summed E-state index contributed by atoms with van der Waals surface area (Å²) >= 11 is 0. The number of carbonyl (C=O) groups is 1. The summed E-state index contributed by atoms with van der Waals surface area (Å²) in [6.45, 7) is 4.21. The van der Waals surface area contributed by atoms with Crippen LogP contribution in [0.5, 0.6) is 0 Å². The molecule has 5 nitrogen and oxygen atoms in total. The van der Waals surface area contributed by atoms with Gasteiger partial charge in [0.05, 0.1) is 18.8 Å². The van der Waals surface area contributed by atoms with Crippen LogP contribution in [-0.4, -0.2) is 46.1 Å². The van der Waals surface area contributed by atoms with E-state index in [1.54, 1.807) is 0 Å². The van der Waals surface area contributed by atoms with Crippen molar-refractivity contribution < 1.29 is 20.1 Å². The van der Waals surface area contributed by atoms with Gasteiger partial charge in [-0.2, -0.15) is 0 Å². The Bertz CT molecular complexity index is 894. The molecule has 4 N–H and O–H groups in total. The molecular formula is C58H115NO4. The van der Waals surface area contributed by atoms with Crippen molar-refractivity contribution >= 4 is 5.91 Å². The van der Waals surface area contributed by atoms with Crippen LogP contribution < -0.4 is 5.32 Å². The van der Waals surface area contributed by atoms with Crippen molar-refractivity contribution in [1.82, 2.24) is 5.32 Å². The maximum atomic E-state index is 12.5. The minimum Gasteiger partial charge on any atom is -0.394 e. The standard InChI is InChI=1S/C58H115NO4/c1-3-5-7-9-11-13-15-17-19-21-23-25-26-27-28-29-30-31-32-33-35-37-39-41-43-45-47-49-51-53-57(62)59-55(54-60)58(63)56(61)52-50-48-46-44-42-40-38-36-34-24-22-20-18-16-14-12-10-8-6-4-2/h44,46,55-56,58,60-61,63H,3-43,45,47-54H2,1-2H3,(H,59,62)/b46-44+. The van der Waals surface area contributed by atoms with Gasteiger partial charge in [-0.25, -0.2) is 0 Å². The molecule has 0 aliphatic rings. The minimum atomic E-state index is -1.16. The lowest BCUT2D eigenvalue weighted by molar-refractivity contribution is -0.124. The van der Waals surface area contributed by atoms with E-state index in [4.69, 9.17) is 0 Å². The zero-order valence-electron chi connectivity index (χ0n) is 43.0. The third-order valence-electron chi connectivity index (χ3n) is 13.9. The van der Waals surface area contributed by atoms with Gasteiger partial charge in [-0.15, -0.1) is 0 Å². The topological polar surface area (TPSA) is 89.8 Å². The fourth-order valence-corrected chi connectivity index (χ4v) is 9.40. The van der Waals surface area contributed by atoms with Gasteiger partial charge in [0.1, 0.15) is 6.10 Å². The van der Waals surface area contributed by atoms with Crippen LogP contribution >= 0.6 is 0 Å². The molecule has 0 aromatic rings. The average Bonchev–Trinajstić information content (AvgIpc) is 3.29. The van der Waals surface area contributed by atoms with E-state index in [0.717, 1.165) is 38.5 Å². The lowest BCUT2D eigenvalue weighted by atomic mass is 10.0. The SMILES string of the molecule is CCCCCCCCCCCCCCCCC/C=C/CCCC(O)C(O)C(CO)NC(=O)CCCCCCCCCCCCCCCCCCCCCCCCCCCCCCC. The summed E-state index contributed by atoms with van der Waals surface area (Å²) in [5, 5.41) is 33.7. The van der Waals surface area contributed by atoms with E-state index in [2.05, 4.69) is 31.3 Å². The van der Waals surface area contributed by atoms with Crippen LogP contribution in [0.3, 0.4) is 0 Å². The molecule has 376 valence electrons. The molecule has 0 saturated heterocycles. The summed E-state index contributed by atoms with van der Waals surface area (Å²) in [6.07, 6.45) is 66.7. The fraction of sp³-hybridized carbons (Fsp3) is 0.948. The number of carbonyl (C=O) groups excluding carboxylic acids is 1. The Labute approximate surface area is 395 Å². The van der Waals surface area contributed by atoms with E-state index in [1.807, 2.05) is 0 Å². The van der Waals surface area contributed by atoms with Crippen LogP contribution in [0.1, 0.15) is 328 Å². The van der Waals surface area contributed by atoms with Crippen molar-refractivity contribution in [1.29, 1.82) is 0 Å². The predicted octanol–water partition coefficient (Wildman–Crippen LogP) is 17.9. The van der Waals surface area contributed by atoms with Crippen LogP contribution in [0.15, 0.2) is 12.2 Å². The highest BCUT2D eigenvalue weighted by atomic mass is 16.3. The van der Waals surface area contributed by atoms with Crippen LogP contribution in [0.4, 0.5) is 0 Å².